The van der Waals surface area contributed by atoms with Gasteiger partial charge in [0.2, 0.25) is 0 Å². The molecule has 5 heteroatoms. The molecule has 0 saturated heterocycles. The Hall–Kier alpha value is -1.46. The van der Waals surface area contributed by atoms with E-state index < -0.39 is 5.91 Å². The van der Waals surface area contributed by atoms with Crippen LogP contribution in [0.2, 0.25) is 0 Å². The summed E-state index contributed by atoms with van der Waals surface area (Å²) in [6, 6.07) is 4.94. The summed E-state index contributed by atoms with van der Waals surface area (Å²) in [7, 11) is 0. The zero-order chi connectivity index (χ0) is 13.8. The number of halogens is 1. The van der Waals surface area contributed by atoms with Gasteiger partial charge in [-0.2, -0.15) is 0 Å². The lowest BCUT2D eigenvalue weighted by Gasteiger charge is -2.21. The fourth-order valence-corrected chi connectivity index (χ4v) is 2.26. The molecule has 19 heavy (non-hydrogen) atoms. The smallest absolute Gasteiger partial charge is 0.265 e. The fraction of sp³-hybridized carbons (Fsp3) is 0.500. The topological polar surface area (TPSA) is 58.4 Å². The number of nitrogens with two attached hydrogens (primary N) is 1. The largest absolute Gasteiger partial charge is 0.296 e. The Bertz CT molecular complexity index is 460. The van der Waals surface area contributed by atoms with Crippen LogP contribution in [0.3, 0.4) is 0 Å². The van der Waals surface area contributed by atoms with Crippen LogP contribution >= 0.6 is 0 Å². The van der Waals surface area contributed by atoms with Crippen molar-refractivity contribution in [1.29, 1.82) is 0 Å². The third kappa shape index (κ3) is 3.52. The van der Waals surface area contributed by atoms with Gasteiger partial charge in [0.15, 0.2) is 0 Å². The molecule has 3 N–H and O–H groups in total. The minimum absolute atomic E-state index is 0.268. The third-order valence-corrected chi connectivity index (χ3v) is 3.39. The van der Waals surface area contributed by atoms with Gasteiger partial charge in [0.1, 0.15) is 5.82 Å². The SMILES string of the molecule is CCCN(Cc1cc(C(=O)NN)ccc1F)C1CC1. The molecule has 0 aliphatic heterocycles. The van der Waals surface area contributed by atoms with Crippen molar-refractivity contribution in [1.82, 2.24) is 10.3 Å². The molecule has 0 bridgehead atoms. The minimum Gasteiger partial charge on any atom is -0.296 e. The Labute approximate surface area is 112 Å². The van der Waals surface area contributed by atoms with E-state index in [4.69, 9.17) is 5.84 Å². The molecule has 1 aliphatic rings. The van der Waals surface area contributed by atoms with Crippen LogP contribution in [0.25, 0.3) is 0 Å². The molecule has 4 nitrogen and oxygen atoms in total. The minimum atomic E-state index is -0.394. The highest BCUT2D eigenvalue weighted by Gasteiger charge is 2.28. The van der Waals surface area contributed by atoms with Crippen molar-refractivity contribution in [3.8, 4) is 0 Å². The van der Waals surface area contributed by atoms with E-state index in [-0.39, 0.29) is 5.82 Å². The van der Waals surface area contributed by atoms with Gasteiger partial charge in [0.05, 0.1) is 0 Å². The number of nitrogens with one attached hydrogen (secondary N) is 1. The Morgan fingerprint density at radius 2 is 2.26 bits per heavy atom. The highest BCUT2D eigenvalue weighted by Crippen LogP contribution is 2.29. The van der Waals surface area contributed by atoms with E-state index in [1.165, 1.54) is 25.0 Å². The van der Waals surface area contributed by atoms with Crippen LogP contribution in [0, 0.1) is 5.82 Å². The van der Waals surface area contributed by atoms with Crippen molar-refractivity contribution in [3.05, 3.63) is 35.1 Å². The molecule has 1 saturated carbocycles. The van der Waals surface area contributed by atoms with Gasteiger partial charge in [-0.05, 0) is 44.0 Å². The van der Waals surface area contributed by atoms with E-state index in [9.17, 15) is 9.18 Å². The number of benzene rings is 1. The molecule has 0 heterocycles. The van der Waals surface area contributed by atoms with Crippen LogP contribution in [0.5, 0.6) is 0 Å². The van der Waals surface area contributed by atoms with Crippen LogP contribution in [-0.2, 0) is 6.54 Å². The summed E-state index contributed by atoms with van der Waals surface area (Å²) in [6.07, 6.45) is 3.41. The molecule has 0 unspecified atom stereocenters. The van der Waals surface area contributed by atoms with Crippen molar-refractivity contribution in [2.45, 2.75) is 38.8 Å². The normalized spacial score (nSPS) is 14.7. The Morgan fingerprint density at radius 1 is 1.53 bits per heavy atom. The van der Waals surface area contributed by atoms with Gasteiger partial charge < -0.3 is 0 Å². The van der Waals surface area contributed by atoms with Crippen molar-refractivity contribution in [3.63, 3.8) is 0 Å². The summed E-state index contributed by atoms with van der Waals surface area (Å²) in [4.78, 5) is 13.7. The van der Waals surface area contributed by atoms with Gasteiger partial charge in [-0.3, -0.25) is 15.1 Å². The van der Waals surface area contributed by atoms with Gasteiger partial charge >= 0.3 is 0 Å². The second-order valence-corrected chi connectivity index (χ2v) is 4.98. The van der Waals surface area contributed by atoms with E-state index in [1.807, 2.05) is 0 Å². The third-order valence-electron chi connectivity index (χ3n) is 3.39. The van der Waals surface area contributed by atoms with Crippen LogP contribution in [0.4, 0.5) is 4.39 Å². The number of carbonyl (C=O) groups is 1. The molecule has 1 aromatic rings. The van der Waals surface area contributed by atoms with Crippen molar-refractivity contribution < 1.29 is 9.18 Å². The van der Waals surface area contributed by atoms with Crippen molar-refractivity contribution >= 4 is 5.91 Å². The quantitative estimate of drug-likeness (QED) is 0.468. The lowest BCUT2D eigenvalue weighted by atomic mass is 10.1. The molecule has 1 amide bonds. The van der Waals surface area contributed by atoms with E-state index in [0.717, 1.165) is 13.0 Å². The first kappa shape index (κ1) is 14.0. The zero-order valence-electron chi connectivity index (χ0n) is 11.2. The standard InChI is InChI=1S/C14H20FN3O/c1-2-7-18(12-4-5-12)9-11-8-10(14(19)17-16)3-6-13(11)15/h3,6,8,12H,2,4-5,7,9,16H2,1H3,(H,17,19). The van der Waals surface area contributed by atoms with Gasteiger partial charge in [0.25, 0.3) is 5.91 Å². The van der Waals surface area contributed by atoms with E-state index in [0.29, 0.717) is 23.7 Å². The van der Waals surface area contributed by atoms with Crippen LogP contribution in [0.1, 0.15) is 42.1 Å². The second kappa shape index (κ2) is 6.12. The van der Waals surface area contributed by atoms with Crippen molar-refractivity contribution in [2.24, 2.45) is 5.84 Å². The average Bonchev–Trinajstić information content (AvgIpc) is 3.24. The Morgan fingerprint density at radius 3 is 2.84 bits per heavy atom. The maximum absolute atomic E-state index is 13.8. The van der Waals surface area contributed by atoms with Gasteiger partial charge in [-0.25, -0.2) is 10.2 Å². The van der Waals surface area contributed by atoms with E-state index >= 15 is 0 Å². The van der Waals surface area contributed by atoms with Crippen molar-refractivity contribution in [2.75, 3.05) is 6.54 Å². The number of amides is 1. The molecular formula is C14H20FN3O. The number of hydrazine groups is 1. The van der Waals surface area contributed by atoms with Crippen LogP contribution in [-0.4, -0.2) is 23.4 Å². The van der Waals surface area contributed by atoms with Crippen LogP contribution in [0.15, 0.2) is 18.2 Å². The first-order valence-electron chi connectivity index (χ1n) is 6.69. The monoisotopic (exact) mass is 265 g/mol. The van der Waals surface area contributed by atoms with Crippen LogP contribution < -0.4 is 11.3 Å². The predicted octanol–water partition coefficient (Wildman–Crippen LogP) is 1.80. The molecule has 1 aromatic carbocycles. The average molecular weight is 265 g/mol. The number of hydrogen-bond acceptors (Lipinski definition) is 3. The first-order valence-corrected chi connectivity index (χ1v) is 6.69. The van der Waals surface area contributed by atoms with Gasteiger partial charge in [-0.1, -0.05) is 6.92 Å². The summed E-state index contributed by atoms with van der Waals surface area (Å²) in [6.45, 7) is 3.62. The first-order chi connectivity index (χ1) is 9.15. The van der Waals surface area contributed by atoms with Gasteiger partial charge in [-0.15, -0.1) is 0 Å². The predicted molar refractivity (Wildman–Crippen MR) is 71.8 cm³/mol. The summed E-state index contributed by atoms with van der Waals surface area (Å²) >= 11 is 0. The number of hydrogen-bond donors (Lipinski definition) is 2. The molecule has 0 aromatic heterocycles. The zero-order valence-corrected chi connectivity index (χ0v) is 11.2. The summed E-state index contributed by atoms with van der Waals surface area (Å²) in [5.74, 6) is 4.43. The van der Waals surface area contributed by atoms with E-state index in [2.05, 4.69) is 17.2 Å². The molecule has 0 spiro atoms. The highest BCUT2D eigenvalue weighted by atomic mass is 19.1. The molecule has 1 fully saturated rings. The Kier molecular flexibility index (Phi) is 4.50. The highest BCUT2D eigenvalue weighted by molar-refractivity contribution is 5.93. The van der Waals surface area contributed by atoms with Gasteiger partial charge in [0, 0.05) is 23.7 Å². The summed E-state index contributed by atoms with van der Waals surface area (Å²) in [5, 5.41) is 0. The lowest BCUT2D eigenvalue weighted by Crippen LogP contribution is -2.30. The fourth-order valence-electron chi connectivity index (χ4n) is 2.26. The summed E-state index contributed by atoms with van der Waals surface area (Å²) in [5.41, 5.74) is 3.02. The number of carbonyl (C=O) groups excluding carboxylic acids is 1. The molecular weight excluding hydrogens is 245 g/mol. The number of nitrogens with zero attached hydrogens (tertiary/aromatic N) is 1. The lowest BCUT2D eigenvalue weighted by molar-refractivity contribution is 0.0953. The van der Waals surface area contributed by atoms with E-state index in [1.54, 1.807) is 6.07 Å². The molecule has 1 aliphatic carbocycles. The Balaban J connectivity index is 2.15. The molecule has 2 rings (SSSR count). The second-order valence-electron chi connectivity index (χ2n) is 4.98. The molecule has 0 atom stereocenters. The number of nitrogen functional groups attached to an aromatic ring is 1. The number of rotatable bonds is 6. The maximum Gasteiger partial charge on any atom is 0.265 e. The molecule has 0 radical (unpaired) electrons. The summed E-state index contributed by atoms with van der Waals surface area (Å²) < 4.78 is 13.8. The maximum atomic E-state index is 13.8. The molecule has 104 valence electrons.